The van der Waals surface area contributed by atoms with Crippen molar-refractivity contribution in [1.29, 1.82) is 0 Å². The van der Waals surface area contributed by atoms with Crippen molar-refractivity contribution < 1.29 is 28.7 Å². The number of piperidine rings is 3. The van der Waals surface area contributed by atoms with Gasteiger partial charge >= 0.3 is 5.97 Å². The molecule has 36 heavy (non-hydrogen) atoms. The number of carbonyl (C=O) groups excluding carboxylic acids is 2. The molecule has 2 aromatic carbocycles. The Kier molecular flexibility index (Phi) is 5.46. The number of aromatic nitrogens is 2. The summed E-state index contributed by atoms with van der Waals surface area (Å²) in [4.78, 5) is 34.5. The Morgan fingerprint density at radius 3 is 2.36 bits per heavy atom. The first-order valence-corrected chi connectivity index (χ1v) is 12.2. The number of hydrogen-bond acceptors (Lipinski definition) is 7. The second-order valence-corrected chi connectivity index (χ2v) is 9.86. The van der Waals surface area contributed by atoms with E-state index in [2.05, 4.69) is 15.3 Å². The van der Waals surface area contributed by atoms with E-state index in [1.54, 1.807) is 60.8 Å². The van der Waals surface area contributed by atoms with Crippen molar-refractivity contribution in [2.75, 3.05) is 31.5 Å². The van der Waals surface area contributed by atoms with E-state index in [0.717, 1.165) is 25.9 Å². The normalized spacial score (nSPS) is 25.1. The van der Waals surface area contributed by atoms with Gasteiger partial charge in [0.25, 0.3) is 5.91 Å². The summed E-state index contributed by atoms with van der Waals surface area (Å²) in [5.41, 5.74) is -1.25. The van der Waals surface area contributed by atoms with Crippen molar-refractivity contribution in [3.63, 3.8) is 0 Å². The van der Waals surface area contributed by atoms with Gasteiger partial charge < -0.3 is 24.4 Å². The topological polar surface area (TPSA) is 111 Å². The zero-order valence-electron chi connectivity index (χ0n) is 19.7. The van der Waals surface area contributed by atoms with Crippen molar-refractivity contribution in [1.82, 2.24) is 9.97 Å². The molecule has 2 bridgehead atoms. The fourth-order valence-electron chi connectivity index (χ4n) is 5.84. The first-order valence-electron chi connectivity index (χ1n) is 12.2. The van der Waals surface area contributed by atoms with Gasteiger partial charge in [-0.05, 0) is 18.2 Å². The Hall–Kier alpha value is -3.82. The SMILES string of the molecule is O=C(C[N+]12CCC(CC1)C(OC(=O)C1(O)c3ccccc3Oc3ccccc31)C2)Nc1ccncn1. The van der Waals surface area contributed by atoms with Gasteiger partial charge in [0.15, 0.2) is 12.6 Å². The van der Waals surface area contributed by atoms with E-state index in [-0.39, 0.29) is 18.4 Å². The first kappa shape index (κ1) is 22.6. The van der Waals surface area contributed by atoms with Crippen molar-refractivity contribution in [2.45, 2.75) is 24.5 Å². The molecule has 3 aromatic rings. The predicted octanol–water partition coefficient (Wildman–Crippen LogP) is 2.61. The highest BCUT2D eigenvalue weighted by molar-refractivity contribution is 5.90. The molecule has 0 saturated carbocycles. The summed E-state index contributed by atoms with van der Waals surface area (Å²) in [6.07, 6.45) is 4.29. The smallest absolute Gasteiger partial charge is 0.348 e. The average Bonchev–Trinajstić information content (AvgIpc) is 2.90. The number of amides is 1. The van der Waals surface area contributed by atoms with Gasteiger partial charge in [0.1, 0.15) is 30.2 Å². The third-order valence-electron chi connectivity index (χ3n) is 7.70. The summed E-state index contributed by atoms with van der Waals surface area (Å²) in [6.45, 7) is 2.50. The fraction of sp³-hybridized carbons (Fsp3) is 0.333. The third-order valence-corrected chi connectivity index (χ3v) is 7.70. The Bertz CT molecular complexity index is 1260. The number of esters is 1. The van der Waals surface area contributed by atoms with Gasteiger partial charge in [0, 0.05) is 36.1 Å². The molecular weight excluding hydrogens is 460 g/mol. The predicted molar refractivity (Wildman–Crippen MR) is 129 cm³/mol. The molecular formula is C27H27N4O5+. The van der Waals surface area contributed by atoms with Crippen LogP contribution in [0.4, 0.5) is 5.82 Å². The molecule has 1 aromatic heterocycles. The molecule has 3 fully saturated rings. The van der Waals surface area contributed by atoms with Crippen LogP contribution in [-0.4, -0.2) is 63.7 Å². The van der Waals surface area contributed by atoms with E-state index in [1.165, 1.54) is 6.33 Å². The highest BCUT2D eigenvalue weighted by Crippen LogP contribution is 2.48. The summed E-state index contributed by atoms with van der Waals surface area (Å²) < 4.78 is 12.6. The Morgan fingerprint density at radius 2 is 1.72 bits per heavy atom. The molecule has 1 amide bonds. The second kappa shape index (κ2) is 8.69. The van der Waals surface area contributed by atoms with Crippen LogP contribution in [0, 0.1) is 5.92 Å². The summed E-state index contributed by atoms with van der Waals surface area (Å²) in [6, 6.07) is 15.6. The lowest BCUT2D eigenvalue weighted by molar-refractivity contribution is -0.939. The number of hydrogen-bond donors (Lipinski definition) is 2. The molecule has 184 valence electrons. The maximum atomic E-state index is 13.7. The van der Waals surface area contributed by atoms with E-state index in [4.69, 9.17) is 9.47 Å². The van der Waals surface area contributed by atoms with Crippen molar-refractivity contribution in [2.24, 2.45) is 5.92 Å². The number of rotatable bonds is 5. The number of anilines is 1. The van der Waals surface area contributed by atoms with Crippen molar-refractivity contribution in [3.8, 4) is 11.5 Å². The lowest BCUT2D eigenvalue weighted by Crippen LogP contribution is -2.66. The number of para-hydroxylation sites is 2. The highest BCUT2D eigenvalue weighted by Gasteiger charge is 2.53. The van der Waals surface area contributed by atoms with Crippen LogP contribution >= 0.6 is 0 Å². The standard InChI is InChI=1S/C27H26N4O5/c32-25(30-24-9-12-28-17-29-24)16-31-13-10-18(11-14-31)23(15-31)36-26(33)27(34)19-5-1-3-7-21(19)35-22-8-4-2-6-20(22)27/h1-9,12,17-18,23,34H,10-11,13-16H2/p+1. The molecule has 9 heteroatoms. The van der Waals surface area contributed by atoms with Crippen LogP contribution in [0.2, 0.25) is 0 Å². The first-order chi connectivity index (χ1) is 17.5. The third kappa shape index (κ3) is 3.81. The Labute approximate surface area is 208 Å². The molecule has 3 saturated heterocycles. The van der Waals surface area contributed by atoms with E-state index < -0.39 is 17.7 Å². The van der Waals surface area contributed by atoms with Crippen LogP contribution in [0.3, 0.4) is 0 Å². The molecule has 2 N–H and O–H groups in total. The minimum absolute atomic E-state index is 0.134. The number of ether oxygens (including phenoxy) is 2. The molecule has 1 atom stereocenters. The average molecular weight is 488 g/mol. The van der Waals surface area contributed by atoms with E-state index in [0.29, 0.717) is 39.5 Å². The number of carbonyl (C=O) groups is 2. The summed E-state index contributed by atoms with van der Waals surface area (Å²) >= 11 is 0. The van der Waals surface area contributed by atoms with Crippen molar-refractivity contribution in [3.05, 3.63) is 78.2 Å². The maximum absolute atomic E-state index is 13.7. The molecule has 0 aliphatic carbocycles. The summed E-state index contributed by atoms with van der Waals surface area (Å²) in [5.74, 6) is 0.664. The number of fused-ring (bicyclic) bond motifs is 5. The molecule has 0 spiro atoms. The van der Waals surface area contributed by atoms with Gasteiger partial charge in [-0.2, -0.15) is 0 Å². The number of nitrogens with one attached hydrogen (secondary N) is 1. The van der Waals surface area contributed by atoms with Gasteiger partial charge in [-0.1, -0.05) is 36.4 Å². The number of aliphatic hydroxyl groups is 1. The number of quaternary nitrogens is 1. The molecule has 4 aliphatic rings. The minimum Gasteiger partial charge on any atom is -0.457 e. The van der Waals surface area contributed by atoms with Crippen LogP contribution in [0.1, 0.15) is 24.0 Å². The number of nitrogens with zero attached hydrogens (tertiary/aromatic N) is 3. The largest absolute Gasteiger partial charge is 0.457 e. The van der Waals surface area contributed by atoms with Crippen LogP contribution in [0.15, 0.2) is 67.1 Å². The van der Waals surface area contributed by atoms with E-state index >= 15 is 0 Å². The van der Waals surface area contributed by atoms with E-state index in [1.807, 2.05) is 0 Å². The molecule has 7 rings (SSSR count). The molecule has 0 radical (unpaired) electrons. The minimum atomic E-state index is -1.98. The van der Waals surface area contributed by atoms with Crippen molar-refractivity contribution >= 4 is 17.7 Å². The number of benzene rings is 2. The van der Waals surface area contributed by atoms with Gasteiger partial charge in [0.05, 0.1) is 13.1 Å². The van der Waals surface area contributed by atoms with Gasteiger partial charge in [-0.15, -0.1) is 0 Å². The monoisotopic (exact) mass is 487 g/mol. The van der Waals surface area contributed by atoms with Crippen LogP contribution in [0.25, 0.3) is 0 Å². The Balaban J connectivity index is 1.23. The molecule has 1 unspecified atom stereocenters. The summed E-state index contributed by atoms with van der Waals surface area (Å²) in [7, 11) is 0. The second-order valence-electron chi connectivity index (χ2n) is 9.86. The Morgan fingerprint density at radius 1 is 1.06 bits per heavy atom. The molecule has 9 nitrogen and oxygen atoms in total. The van der Waals surface area contributed by atoms with Gasteiger partial charge in [-0.3, -0.25) is 4.79 Å². The quantitative estimate of drug-likeness (QED) is 0.420. The summed E-state index contributed by atoms with van der Waals surface area (Å²) in [5, 5.41) is 14.7. The lowest BCUT2D eigenvalue weighted by Gasteiger charge is -2.51. The van der Waals surface area contributed by atoms with E-state index in [9.17, 15) is 14.7 Å². The fourth-order valence-corrected chi connectivity index (χ4v) is 5.84. The zero-order valence-corrected chi connectivity index (χ0v) is 19.7. The lowest BCUT2D eigenvalue weighted by atomic mass is 9.81. The van der Waals surface area contributed by atoms with Crippen LogP contribution in [0.5, 0.6) is 11.5 Å². The van der Waals surface area contributed by atoms with Crippen LogP contribution < -0.4 is 10.1 Å². The zero-order chi connectivity index (χ0) is 24.8. The molecule has 5 heterocycles. The van der Waals surface area contributed by atoms with Crippen LogP contribution in [-0.2, 0) is 19.9 Å². The molecule has 4 aliphatic heterocycles. The maximum Gasteiger partial charge on any atom is 0.348 e. The van der Waals surface area contributed by atoms with Gasteiger partial charge in [-0.25, -0.2) is 14.8 Å². The van der Waals surface area contributed by atoms with Gasteiger partial charge in [0.2, 0.25) is 5.60 Å². The highest BCUT2D eigenvalue weighted by atomic mass is 16.6.